The Kier molecular flexibility index (Phi) is 3.45. The second kappa shape index (κ2) is 4.39. The summed E-state index contributed by atoms with van der Waals surface area (Å²) in [4.78, 5) is 10.3. The van der Waals surface area contributed by atoms with Gasteiger partial charge in [-0.1, -0.05) is 49.4 Å². The molecule has 1 aromatic carbocycles. The molecule has 0 saturated carbocycles. The summed E-state index contributed by atoms with van der Waals surface area (Å²) in [6, 6.07) is 10.7. The van der Waals surface area contributed by atoms with Crippen LogP contribution < -0.4 is 5.19 Å². The van der Waals surface area contributed by atoms with Gasteiger partial charge in [0, 0.05) is 0 Å². The molecule has 0 fully saturated rings. The van der Waals surface area contributed by atoms with E-state index in [0.717, 1.165) is 17.7 Å². The summed E-state index contributed by atoms with van der Waals surface area (Å²) < 4.78 is 0. The molecule has 0 radical (unpaired) electrons. The van der Waals surface area contributed by atoms with Gasteiger partial charge in [-0.25, -0.2) is 0 Å². The third-order valence-corrected chi connectivity index (χ3v) is 5.51. The third kappa shape index (κ3) is 2.29. The highest BCUT2D eigenvalue weighted by molar-refractivity contribution is 6.89. The largest absolute Gasteiger partial charge is 0.424 e. The third-order valence-electron chi connectivity index (χ3n) is 2.24. The summed E-state index contributed by atoms with van der Waals surface area (Å²) in [5.41, 5.74) is 1.76. The quantitative estimate of drug-likeness (QED) is 0.723. The van der Waals surface area contributed by atoms with Crippen molar-refractivity contribution in [3.05, 3.63) is 42.6 Å². The molecule has 0 spiro atoms. The molecular formula is C11H16OSi. The molecule has 1 N–H and O–H groups in total. The Morgan fingerprint density at radius 2 is 2.00 bits per heavy atom. The molecule has 0 amide bonds. The Hall–Kier alpha value is -0.863. The van der Waals surface area contributed by atoms with Crippen molar-refractivity contribution in [1.29, 1.82) is 0 Å². The van der Waals surface area contributed by atoms with Crippen LogP contribution in [-0.4, -0.2) is 13.1 Å². The lowest BCUT2D eigenvalue weighted by Crippen LogP contribution is -2.46. The van der Waals surface area contributed by atoms with Crippen LogP contribution in [0.15, 0.2) is 42.6 Å². The minimum absolute atomic E-state index is 0.862. The Morgan fingerprint density at radius 1 is 1.38 bits per heavy atom. The molecule has 0 heterocycles. The van der Waals surface area contributed by atoms with Crippen molar-refractivity contribution in [1.82, 2.24) is 0 Å². The summed E-state index contributed by atoms with van der Waals surface area (Å²) in [6.07, 6.45) is 1.00. The second-order valence-corrected chi connectivity index (χ2v) is 6.58. The van der Waals surface area contributed by atoms with E-state index in [9.17, 15) is 4.80 Å². The number of rotatable bonds is 4. The first-order valence-corrected chi connectivity index (χ1v) is 6.87. The topological polar surface area (TPSA) is 20.2 Å². The fourth-order valence-corrected chi connectivity index (χ4v) is 3.73. The van der Waals surface area contributed by atoms with E-state index in [1.54, 1.807) is 5.70 Å². The highest BCUT2D eigenvalue weighted by Gasteiger charge is 2.27. The molecule has 1 nitrogen and oxygen atoms in total. The monoisotopic (exact) mass is 192 g/mol. The van der Waals surface area contributed by atoms with Crippen LogP contribution in [0.25, 0.3) is 0 Å². The highest BCUT2D eigenvalue weighted by atomic mass is 28.4. The van der Waals surface area contributed by atoms with Crippen LogP contribution in [0.2, 0.25) is 6.04 Å². The van der Waals surface area contributed by atoms with Crippen molar-refractivity contribution in [3.63, 3.8) is 0 Å². The van der Waals surface area contributed by atoms with E-state index in [2.05, 4.69) is 13.5 Å². The number of hydrogen-bond acceptors (Lipinski definition) is 1. The lowest BCUT2D eigenvalue weighted by molar-refractivity contribution is 0.561. The fourth-order valence-electron chi connectivity index (χ4n) is 1.47. The van der Waals surface area contributed by atoms with Gasteiger partial charge in [-0.05, 0) is 11.2 Å². The molecule has 70 valence electrons. The average Bonchev–Trinajstić information content (AvgIpc) is 2.19. The van der Waals surface area contributed by atoms with Gasteiger partial charge >= 0.3 is 0 Å². The molecule has 0 saturated heterocycles. The Morgan fingerprint density at radius 3 is 2.46 bits per heavy atom. The number of hydrogen-bond donors (Lipinski definition) is 1. The first-order chi connectivity index (χ1) is 6.23. The van der Waals surface area contributed by atoms with Gasteiger partial charge in [0.15, 0.2) is 0 Å². The molecule has 1 atom stereocenters. The Bertz CT molecular complexity index is 271. The molecule has 0 aliphatic heterocycles. The van der Waals surface area contributed by atoms with Crippen molar-refractivity contribution >= 4 is 13.5 Å². The molecule has 1 aromatic rings. The van der Waals surface area contributed by atoms with Gasteiger partial charge in [0.1, 0.15) is 0 Å². The van der Waals surface area contributed by atoms with Crippen molar-refractivity contribution in [2.75, 3.05) is 0 Å². The van der Waals surface area contributed by atoms with Crippen molar-refractivity contribution < 1.29 is 4.80 Å². The lowest BCUT2D eigenvalue weighted by atomic mass is 10.4. The fraction of sp³-hybridized carbons (Fsp3) is 0.273. The molecule has 0 bridgehead atoms. The predicted octanol–water partition coefficient (Wildman–Crippen LogP) is 1.97. The normalized spacial score (nSPS) is 14.9. The summed E-state index contributed by atoms with van der Waals surface area (Å²) in [7, 11) is -2.34. The average molecular weight is 192 g/mol. The SMILES string of the molecule is C=C[Si](O)(CCC)c1ccccc1. The van der Waals surface area contributed by atoms with Crippen molar-refractivity contribution in [3.8, 4) is 0 Å². The predicted molar refractivity (Wildman–Crippen MR) is 59.3 cm³/mol. The van der Waals surface area contributed by atoms with E-state index in [1.165, 1.54) is 0 Å². The summed E-state index contributed by atoms with van der Waals surface area (Å²) in [5, 5.41) is 1.06. The smallest absolute Gasteiger partial charge is 0.244 e. The second-order valence-electron chi connectivity index (χ2n) is 3.24. The van der Waals surface area contributed by atoms with Crippen LogP contribution in [0.3, 0.4) is 0 Å². The maximum Gasteiger partial charge on any atom is 0.244 e. The minimum atomic E-state index is -2.34. The van der Waals surface area contributed by atoms with Crippen LogP contribution in [0.1, 0.15) is 13.3 Å². The van der Waals surface area contributed by atoms with E-state index in [0.29, 0.717) is 0 Å². The first-order valence-electron chi connectivity index (χ1n) is 4.64. The van der Waals surface area contributed by atoms with Crippen LogP contribution in [-0.2, 0) is 0 Å². The zero-order chi connectivity index (χ0) is 9.73. The zero-order valence-electron chi connectivity index (χ0n) is 8.03. The molecule has 1 unspecified atom stereocenters. The van der Waals surface area contributed by atoms with E-state index < -0.39 is 8.32 Å². The van der Waals surface area contributed by atoms with Gasteiger partial charge in [-0.15, -0.1) is 6.58 Å². The van der Waals surface area contributed by atoms with Gasteiger partial charge in [0.2, 0.25) is 8.32 Å². The lowest BCUT2D eigenvalue weighted by Gasteiger charge is -2.20. The van der Waals surface area contributed by atoms with Crippen LogP contribution in [0.4, 0.5) is 0 Å². The Balaban J connectivity index is 2.95. The van der Waals surface area contributed by atoms with Gasteiger partial charge < -0.3 is 4.80 Å². The minimum Gasteiger partial charge on any atom is -0.424 e. The summed E-state index contributed by atoms with van der Waals surface area (Å²) in [6.45, 7) is 5.83. The van der Waals surface area contributed by atoms with Crippen LogP contribution in [0.5, 0.6) is 0 Å². The first kappa shape index (κ1) is 10.2. The van der Waals surface area contributed by atoms with Crippen molar-refractivity contribution in [2.24, 2.45) is 0 Å². The molecular weight excluding hydrogens is 176 g/mol. The van der Waals surface area contributed by atoms with Crippen molar-refractivity contribution in [2.45, 2.75) is 19.4 Å². The molecule has 0 aromatic heterocycles. The molecule has 1 rings (SSSR count). The van der Waals surface area contributed by atoms with Crippen LogP contribution in [0, 0.1) is 0 Å². The van der Waals surface area contributed by atoms with Crippen LogP contribution >= 0.6 is 0 Å². The molecule has 13 heavy (non-hydrogen) atoms. The maximum atomic E-state index is 10.3. The van der Waals surface area contributed by atoms with E-state index >= 15 is 0 Å². The van der Waals surface area contributed by atoms with E-state index in [1.807, 2.05) is 30.3 Å². The molecule has 0 aliphatic carbocycles. The van der Waals surface area contributed by atoms with Gasteiger partial charge in [0.25, 0.3) is 0 Å². The van der Waals surface area contributed by atoms with Gasteiger partial charge in [-0.3, -0.25) is 0 Å². The van der Waals surface area contributed by atoms with E-state index in [-0.39, 0.29) is 0 Å². The maximum absolute atomic E-state index is 10.3. The molecule has 2 heteroatoms. The highest BCUT2D eigenvalue weighted by Crippen LogP contribution is 2.09. The van der Waals surface area contributed by atoms with Gasteiger partial charge in [0.05, 0.1) is 0 Å². The summed E-state index contributed by atoms with van der Waals surface area (Å²) in [5.74, 6) is 0. The Labute approximate surface area is 80.9 Å². The van der Waals surface area contributed by atoms with Gasteiger partial charge in [-0.2, -0.15) is 0 Å². The van der Waals surface area contributed by atoms with E-state index in [4.69, 9.17) is 0 Å². The standard InChI is InChI=1S/C11H16OSi/c1-3-10-13(12,4-2)11-8-6-5-7-9-11/h4-9,12H,2-3,10H2,1H3. The number of benzene rings is 1. The zero-order valence-corrected chi connectivity index (χ0v) is 9.03. The molecule has 0 aliphatic rings. The summed E-state index contributed by atoms with van der Waals surface area (Å²) >= 11 is 0.